The molecule has 2 aliphatic rings. The third-order valence-electron chi connectivity index (χ3n) is 6.48. The van der Waals surface area contributed by atoms with Crippen molar-refractivity contribution in [3.05, 3.63) is 51.7 Å². The number of nitrogens with zero attached hydrogens (tertiary/aromatic N) is 4. The first-order chi connectivity index (χ1) is 14.4. The van der Waals surface area contributed by atoms with Gasteiger partial charge in [0.15, 0.2) is 0 Å². The molecule has 0 radical (unpaired) electrons. The molecule has 162 valence electrons. The molecule has 0 saturated carbocycles. The zero-order chi connectivity index (χ0) is 21.3. The second-order valence-electron chi connectivity index (χ2n) is 8.90. The third kappa shape index (κ3) is 4.49. The van der Waals surface area contributed by atoms with Crippen LogP contribution in [0.4, 0.5) is 0 Å². The summed E-state index contributed by atoms with van der Waals surface area (Å²) >= 11 is 5.98. The maximum atomic E-state index is 13.0. The van der Waals surface area contributed by atoms with Gasteiger partial charge in [0.05, 0.1) is 12.4 Å². The molecule has 2 fully saturated rings. The molecule has 6 nitrogen and oxygen atoms in total. The molecule has 2 aliphatic heterocycles. The summed E-state index contributed by atoms with van der Waals surface area (Å²) in [5, 5.41) is 0.653. The van der Waals surface area contributed by atoms with Gasteiger partial charge in [-0.1, -0.05) is 18.5 Å². The molecule has 3 heterocycles. The van der Waals surface area contributed by atoms with Crippen LogP contribution < -0.4 is 5.69 Å². The summed E-state index contributed by atoms with van der Waals surface area (Å²) in [5.41, 5.74) is 1.67. The highest BCUT2D eigenvalue weighted by Crippen LogP contribution is 2.24. The van der Waals surface area contributed by atoms with Crippen LogP contribution in [0.3, 0.4) is 0 Å². The van der Waals surface area contributed by atoms with Crippen molar-refractivity contribution in [1.82, 2.24) is 18.9 Å². The molecule has 1 atom stereocenters. The van der Waals surface area contributed by atoms with Crippen molar-refractivity contribution in [2.45, 2.75) is 46.2 Å². The fourth-order valence-electron chi connectivity index (χ4n) is 4.81. The number of halogens is 1. The Morgan fingerprint density at radius 2 is 1.80 bits per heavy atom. The zero-order valence-corrected chi connectivity index (χ0v) is 18.6. The summed E-state index contributed by atoms with van der Waals surface area (Å²) < 4.78 is 3.47. The lowest BCUT2D eigenvalue weighted by molar-refractivity contribution is -0.139. The molecule has 0 spiro atoms. The van der Waals surface area contributed by atoms with E-state index in [1.54, 1.807) is 21.3 Å². The minimum Gasteiger partial charge on any atom is -0.342 e. The monoisotopic (exact) mass is 430 g/mol. The lowest BCUT2D eigenvalue weighted by atomic mass is 9.93. The first-order valence-corrected chi connectivity index (χ1v) is 11.4. The van der Waals surface area contributed by atoms with Crippen LogP contribution in [0.1, 0.15) is 38.3 Å². The fourth-order valence-corrected chi connectivity index (χ4v) is 4.93. The van der Waals surface area contributed by atoms with Gasteiger partial charge in [0, 0.05) is 49.0 Å². The highest BCUT2D eigenvalue weighted by atomic mass is 35.5. The molecule has 1 aromatic heterocycles. The number of aromatic nitrogens is 2. The average molecular weight is 431 g/mol. The first kappa shape index (κ1) is 21.2. The van der Waals surface area contributed by atoms with E-state index < -0.39 is 0 Å². The minimum atomic E-state index is -0.0460. The fraction of sp³-hybridized carbons (Fsp3) is 0.565. The maximum Gasteiger partial charge on any atom is 0.334 e. The molecule has 7 heteroatoms. The van der Waals surface area contributed by atoms with Crippen LogP contribution in [0.15, 0.2) is 35.3 Å². The second kappa shape index (κ2) is 8.98. The van der Waals surface area contributed by atoms with Gasteiger partial charge in [-0.3, -0.25) is 18.8 Å². The van der Waals surface area contributed by atoms with E-state index in [1.807, 2.05) is 25.3 Å². The first-order valence-electron chi connectivity index (χ1n) is 11.0. The van der Waals surface area contributed by atoms with E-state index in [4.69, 9.17) is 11.6 Å². The van der Waals surface area contributed by atoms with E-state index in [1.165, 1.54) is 6.42 Å². The Hall–Kier alpha value is -2.05. The largest absolute Gasteiger partial charge is 0.342 e. The number of hydrogen-bond acceptors (Lipinski definition) is 3. The molecule has 2 aromatic rings. The summed E-state index contributed by atoms with van der Waals surface area (Å²) in [5.74, 6) is 1.08. The van der Waals surface area contributed by atoms with Crippen LogP contribution in [-0.4, -0.2) is 51.0 Å². The van der Waals surface area contributed by atoms with Crippen LogP contribution in [-0.2, 0) is 11.5 Å². The van der Waals surface area contributed by atoms with Crippen LogP contribution >= 0.6 is 11.6 Å². The molecule has 0 N–H and O–H groups in total. The van der Waals surface area contributed by atoms with Crippen LogP contribution in [0.5, 0.6) is 0 Å². The Morgan fingerprint density at radius 1 is 1.10 bits per heavy atom. The Morgan fingerprint density at radius 3 is 2.47 bits per heavy atom. The van der Waals surface area contributed by atoms with E-state index in [2.05, 4.69) is 16.7 Å². The lowest BCUT2D eigenvalue weighted by Crippen LogP contribution is -2.46. The van der Waals surface area contributed by atoms with E-state index in [0.717, 1.165) is 56.8 Å². The van der Waals surface area contributed by atoms with Gasteiger partial charge in [0.25, 0.3) is 0 Å². The highest BCUT2D eigenvalue weighted by molar-refractivity contribution is 6.30. The van der Waals surface area contributed by atoms with E-state index >= 15 is 0 Å². The van der Waals surface area contributed by atoms with Crippen molar-refractivity contribution in [1.29, 1.82) is 0 Å². The number of amides is 1. The highest BCUT2D eigenvalue weighted by Gasteiger charge is 2.30. The van der Waals surface area contributed by atoms with Crippen LogP contribution in [0.2, 0.25) is 5.02 Å². The van der Waals surface area contributed by atoms with Gasteiger partial charge in [-0.05, 0) is 62.8 Å². The zero-order valence-electron chi connectivity index (χ0n) is 17.9. The van der Waals surface area contributed by atoms with E-state index in [9.17, 15) is 9.59 Å². The number of rotatable bonds is 4. The summed E-state index contributed by atoms with van der Waals surface area (Å²) in [4.78, 5) is 30.2. The topological polar surface area (TPSA) is 50.5 Å². The number of imidazole rings is 1. The predicted octanol–water partition coefficient (Wildman–Crippen LogP) is 3.53. The molecular weight excluding hydrogens is 400 g/mol. The Balaban J connectivity index is 1.37. The SMILES string of the molecule is Cc1cn(CN2CCC(C(=O)N3CCCC(C)C3)CC2)c(=O)n1-c1ccc(Cl)cc1. The number of carbonyl (C=O) groups is 1. The Kier molecular flexibility index (Phi) is 6.34. The van der Waals surface area contributed by atoms with Gasteiger partial charge in [0.2, 0.25) is 5.91 Å². The predicted molar refractivity (Wildman–Crippen MR) is 119 cm³/mol. The normalized spacial score (nSPS) is 21.2. The molecule has 1 unspecified atom stereocenters. The third-order valence-corrected chi connectivity index (χ3v) is 6.73. The van der Waals surface area contributed by atoms with Gasteiger partial charge in [0.1, 0.15) is 0 Å². The summed E-state index contributed by atoms with van der Waals surface area (Å²) in [6, 6.07) is 7.31. The number of aryl methyl sites for hydroxylation is 1. The van der Waals surface area contributed by atoms with E-state index in [0.29, 0.717) is 23.5 Å². The number of piperidine rings is 2. The van der Waals surface area contributed by atoms with Crippen LogP contribution in [0.25, 0.3) is 5.69 Å². The Labute approximate surface area is 183 Å². The van der Waals surface area contributed by atoms with Gasteiger partial charge >= 0.3 is 5.69 Å². The molecule has 4 rings (SSSR count). The van der Waals surface area contributed by atoms with E-state index in [-0.39, 0.29) is 11.6 Å². The summed E-state index contributed by atoms with van der Waals surface area (Å²) in [6.07, 6.45) is 6.00. The van der Waals surface area contributed by atoms with Crippen molar-refractivity contribution in [2.24, 2.45) is 11.8 Å². The average Bonchev–Trinajstić information content (AvgIpc) is 3.02. The molecule has 2 saturated heterocycles. The quantitative estimate of drug-likeness (QED) is 0.745. The molecule has 1 amide bonds. The number of carbonyl (C=O) groups excluding carboxylic acids is 1. The molecule has 0 aliphatic carbocycles. The van der Waals surface area contributed by atoms with Gasteiger partial charge in [-0.25, -0.2) is 4.79 Å². The van der Waals surface area contributed by atoms with Crippen molar-refractivity contribution in [3.8, 4) is 5.69 Å². The van der Waals surface area contributed by atoms with Crippen molar-refractivity contribution in [2.75, 3.05) is 26.2 Å². The number of benzene rings is 1. The smallest absolute Gasteiger partial charge is 0.334 e. The van der Waals surface area contributed by atoms with Crippen LogP contribution in [0, 0.1) is 18.8 Å². The van der Waals surface area contributed by atoms with Gasteiger partial charge in [-0.15, -0.1) is 0 Å². The summed E-state index contributed by atoms with van der Waals surface area (Å²) in [7, 11) is 0. The van der Waals surface area contributed by atoms with Gasteiger partial charge < -0.3 is 4.90 Å². The molecule has 30 heavy (non-hydrogen) atoms. The van der Waals surface area contributed by atoms with Crippen molar-refractivity contribution >= 4 is 17.5 Å². The molecule has 0 bridgehead atoms. The lowest BCUT2D eigenvalue weighted by Gasteiger charge is -2.37. The molecule has 1 aromatic carbocycles. The second-order valence-corrected chi connectivity index (χ2v) is 9.34. The van der Waals surface area contributed by atoms with Crippen molar-refractivity contribution < 1.29 is 4.79 Å². The molecular formula is C23H31ClN4O2. The number of likely N-dealkylation sites (tertiary alicyclic amines) is 2. The maximum absolute atomic E-state index is 13.0. The van der Waals surface area contributed by atoms with Gasteiger partial charge in [-0.2, -0.15) is 0 Å². The minimum absolute atomic E-state index is 0.0460. The summed E-state index contributed by atoms with van der Waals surface area (Å²) in [6.45, 7) is 8.24. The number of hydrogen-bond donors (Lipinski definition) is 0. The standard InChI is InChI=1S/C23H31ClN4O2/c1-17-4-3-11-26(14-17)22(29)19-9-12-25(13-10-19)16-27-15-18(2)28(23(27)30)21-7-5-20(24)6-8-21/h5-8,15,17,19H,3-4,9-14,16H2,1-2H3. The Bertz CT molecular complexity index is 941. The van der Waals surface area contributed by atoms with Crippen molar-refractivity contribution in [3.63, 3.8) is 0 Å².